The lowest BCUT2D eigenvalue weighted by Gasteiger charge is -2.10. The standard InChI is InChI=1S/C13H9Cl2F/c1-8-4-2-7-11(16)12(8)9-5-3-6-10(14)13(9)15/h2-7H,1H3. The largest absolute Gasteiger partial charge is 0.206 e. The van der Waals surface area contributed by atoms with Gasteiger partial charge < -0.3 is 0 Å². The van der Waals surface area contributed by atoms with Gasteiger partial charge in [-0.2, -0.15) is 0 Å². The Morgan fingerprint density at radius 1 is 1.00 bits per heavy atom. The van der Waals surface area contributed by atoms with Crippen molar-refractivity contribution in [2.24, 2.45) is 0 Å². The highest BCUT2D eigenvalue weighted by atomic mass is 35.5. The van der Waals surface area contributed by atoms with Gasteiger partial charge in [-0.1, -0.05) is 47.5 Å². The molecule has 0 aliphatic heterocycles. The van der Waals surface area contributed by atoms with Crippen molar-refractivity contribution in [3.63, 3.8) is 0 Å². The second kappa shape index (κ2) is 4.44. The van der Waals surface area contributed by atoms with Gasteiger partial charge >= 0.3 is 0 Å². The summed E-state index contributed by atoms with van der Waals surface area (Å²) in [5.74, 6) is -0.288. The van der Waals surface area contributed by atoms with E-state index in [2.05, 4.69) is 0 Å². The molecule has 0 saturated carbocycles. The van der Waals surface area contributed by atoms with Crippen molar-refractivity contribution in [2.45, 2.75) is 6.92 Å². The van der Waals surface area contributed by atoms with Crippen LogP contribution in [0.3, 0.4) is 0 Å². The van der Waals surface area contributed by atoms with Crippen LogP contribution in [0, 0.1) is 12.7 Å². The topological polar surface area (TPSA) is 0 Å². The molecule has 0 aliphatic carbocycles. The molecule has 0 fully saturated rings. The quantitative estimate of drug-likeness (QED) is 0.664. The van der Waals surface area contributed by atoms with E-state index >= 15 is 0 Å². The normalized spacial score (nSPS) is 10.5. The maximum atomic E-state index is 13.7. The van der Waals surface area contributed by atoms with E-state index in [9.17, 15) is 4.39 Å². The van der Waals surface area contributed by atoms with Gasteiger partial charge in [-0.15, -0.1) is 0 Å². The van der Waals surface area contributed by atoms with Crippen molar-refractivity contribution in [2.75, 3.05) is 0 Å². The van der Waals surface area contributed by atoms with Crippen molar-refractivity contribution in [1.82, 2.24) is 0 Å². The van der Waals surface area contributed by atoms with Gasteiger partial charge in [0.05, 0.1) is 10.0 Å². The molecule has 0 bridgehead atoms. The van der Waals surface area contributed by atoms with Crippen LogP contribution in [0.2, 0.25) is 10.0 Å². The van der Waals surface area contributed by atoms with Crippen LogP contribution < -0.4 is 0 Å². The Hall–Kier alpha value is -1.05. The highest BCUT2D eigenvalue weighted by Gasteiger charge is 2.12. The Labute approximate surface area is 104 Å². The maximum Gasteiger partial charge on any atom is 0.131 e. The Morgan fingerprint density at radius 2 is 1.69 bits per heavy atom. The summed E-state index contributed by atoms with van der Waals surface area (Å²) in [4.78, 5) is 0. The Balaban J connectivity index is 2.73. The van der Waals surface area contributed by atoms with Crippen LogP contribution in [-0.2, 0) is 0 Å². The van der Waals surface area contributed by atoms with Crippen LogP contribution in [0.15, 0.2) is 36.4 Å². The van der Waals surface area contributed by atoms with Gasteiger partial charge in [0, 0.05) is 11.1 Å². The minimum atomic E-state index is -0.288. The van der Waals surface area contributed by atoms with Crippen LogP contribution in [0.5, 0.6) is 0 Å². The molecular formula is C13H9Cl2F. The van der Waals surface area contributed by atoms with Crippen molar-refractivity contribution < 1.29 is 4.39 Å². The summed E-state index contributed by atoms with van der Waals surface area (Å²) in [5.41, 5.74) is 1.98. The molecule has 82 valence electrons. The smallest absolute Gasteiger partial charge is 0.131 e. The van der Waals surface area contributed by atoms with Crippen LogP contribution >= 0.6 is 23.2 Å². The molecule has 3 heteroatoms. The summed E-state index contributed by atoms with van der Waals surface area (Å²) >= 11 is 12.0. The molecule has 0 radical (unpaired) electrons. The van der Waals surface area contributed by atoms with Crippen molar-refractivity contribution >= 4 is 23.2 Å². The zero-order valence-corrected chi connectivity index (χ0v) is 10.1. The molecule has 2 aromatic rings. The molecule has 0 nitrogen and oxygen atoms in total. The molecule has 0 amide bonds. The lowest BCUT2D eigenvalue weighted by molar-refractivity contribution is 0.630. The average Bonchev–Trinajstić information content (AvgIpc) is 2.24. The van der Waals surface area contributed by atoms with Gasteiger partial charge in [0.2, 0.25) is 0 Å². The zero-order chi connectivity index (χ0) is 11.7. The third-order valence-corrected chi connectivity index (χ3v) is 3.26. The molecule has 0 heterocycles. The van der Waals surface area contributed by atoms with E-state index in [0.29, 0.717) is 21.2 Å². The Kier molecular flexibility index (Phi) is 3.17. The third kappa shape index (κ3) is 1.93. The second-order valence-electron chi connectivity index (χ2n) is 3.53. The molecule has 2 rings (SSSR count). The Morgan fingerprint density at radius 3 is 2.38 bits per heavy atom. The monoisotopic (exact) mass is 254 g/mol. The highest BCUT2D eigenvalue weighted by Crippen LogP contribution is 2.36. The van der Waals surface area contributed by atoms with E-state index in [0.717, 1.165) is 5.56 Å². The SMILES string of the molecule is Cc1cccc(F)c1-c1cccc(Cl)c1Cl. The van der Waals surface area contributed by atoms with Crippen LogP contribution in [-0.4, -0.2) is 0 Å². The summed E-state index contributed by atoms with van der Waals surface area (Å²) in [6.07, 6.45) is 0. The number of aryl methyl sites for hydroxylation is 1. The molecule has 0 aliphatic rings. The predicted molar refractivity (Wildman–Crippen MR) is 66.6 cm³/mol. The van der Waals surface area contributed by atoms with Crippen LogP contribution in [0.25, 0.3) is 11.1 Å². The second-order valence-corrected chi connectivity index (χ2v) is 4.32. The van der Waals surface area contributed by atoms with Gasteiger partial charge in [-0.05, 0) is 24.6 Å². The number of hydrogen-bond acceptors (Lipinski definition) is 0. The van der Waals surface area contributed by atoms with Crippen molar-refractivity contribution in [1.29, 1.82) is 0 Å². The molecular weight excluding hydrogens is 246 g/mol. The minimum absolute atomic E-state index is 0.288. The lowest BCUT2D eigenvalue weighted by atomic mass is 10.00. The fourth-order valence-electron chi connectivity index (χ4n) is 1.67. The van der Waals surface area contributed by atoms with Gasteiger partial charge in [0.1, 0.15) is 5.82 Å². The Bertz CT molecular complexity index is 515. The van der Waals surface area contributed by atoms with Crippen molar-refractivity contribution in [3.8, 4) is 11.1 Å². The number of benzene rings is 2. The van der Waals surface area contributed by atoms with E-state index in [4.69, 9.17) is 23.2 Å². The molecule has 0 spiro atoms. The van der Waals surface area contributed by atoms with E-state index in [1.54, 1.807) is 24.3 Å². The van der Waals surface area contributed by atoms with Crippen molar-refractivity contribution in [3.05, 3.63) is 57.8 Å². The maximum absolute atomic E-state index is 13.7. The fourth-order valence-corrected chi connectivity index (χ4v) is 2.06. The zero-order valence-electron chi connectivity index (χ0n) is 8.60. The first-order valence-electron chi connectivity index (χ1n) is 4.80. The van der Waals surface area contributed by atoms with Gasteiger partial charge in [0.15, 0.2) is 0 Å². The average molecular weight is 255 g/mol. The molecule has 0 saturated heterocycles. The van der Waals surface area contributed by atoms with Gasteiger partial charge in [-0.25, -0.2) is 4.39 Å². The first kappa shape index (κ1) is 11.4. The minimum Gasteiger partial charge on any atom is -0.206 e. The molecule has 0 aromatic heterocycles. The van der Waals surface area contributed by atoms with E-state index in [1.165, 1.54) is 6.07 Å². The summed E-state index contributed by atoms with van der Waals surface area (Å²) in [7, 11) is 0. The first-order chi connectivity index (χ1) is 7.61. The number of hydrogen-bond donors (Lipinski definition) is 0. The van der Waals surface area contributed by atoms with Crippen LogP contribution in [0.4, 0.5) is 4.39 Å². The summed E-state index contributed by atoms with van der Waals surface area (Å²) in [5, 5.41) is 0.819. The van der Waals surface area contributed by atoms with E-state index in [-0.39, 0.29) is 5.82 Å². The highest BCUT2D eigenvalue weighted by molar-refractivity contribution is 6.43. The summed E-state index contributed by atoms with van der Waals surface area (Å²) < 4.78 is 13.7. The molecule has 0 N–H and O–H groups in total. The fraction of sp³-hybridized carbons (Fsp3) is 0.0769. The predicted octanol–water partition coefficient (Wildman–Crippen LogP) is 5.11. The van der Waals surface area contributed by atoms with Gasteiger partial charge in [-0.3, -0.25) is 0 Å². The van der Waals surface area contributed by atoms with Crippen LogP contribution in [0.1, 0.15) is 5.56 Å². The molecule has 2 aromatic carbocycles. The summed E-state index contributed by atoms with van der Waals surface area (Å²) in [6, 6.07) is 10.1. The van der Waals surface area contributed by atoms with E-state index in [1.807, 2.05) is 13.0 Å². The number of rotatable bonds is 1. The third-order valence-electron chi connectivity index (χ3n) is 2.44. The molecule has 0 unspecified atom stereocenters. The number of halogens is 3. The lowest BCUT2D eigenvalue weighted by Crippen LogP contribution is -1.89. The first-order valence-corrected chi connectivity index (χ1v) is 5.56. The molecule has 0 atom stereocenters. The van der Waals surface area contributed by atoms with E-state index < -0.39 is 0 Å². The van der Waals surface area contributed by atoms with Gasteiger partial charge in [0.25, 0.3) is 0 Å². The summed E-state index contributed by atoms with van der Waals surface area (Å²) in [6.45, 7) is 1.84. The molecule has 16 heavy (non-hydrogen) atoms.